The number of nitrogen functional groups attached to an aromatic ring is 1. The zero-order valence-corrected chi connectivity index (χ0v) is 17.6. The van der Waals surface area contributed by atoms with Gasteiger partial charge in [0.25, 0.3) is 0 Å². The maximum atomic E-state index is 15.0. The van der Waals surface area contributed by atoms with Gasteiger partial charge < -0.3 is 20.3 Å². The number of likely N-dealkylation sites (tertiary alicyclic amines) is 1. The monoisotopic (exact) mass is 391 g/mol. The molecule has 2 fully saturated rings. The first-order valence-corrected chi connectivity index (χ1v) is 10.5. The molecule has 1 aromatic rings. The first-order chi connectivity index (χ1) is 13.2. The minimum absolute atomic E-state index is 0.211. The number of amides is 1. The van der Waals surface area contributed by atoms with Crippen molar-refractivity contribution in [3.05, 3.63) is 23.5 Å². The zero-order chi connectivity index (χ0) is 20.5. The lowest BCUT2D eigenvalue weighted by atomic mass is 9.88. The van der Waals surface area contributed by atoms with Gasteiger partial charge in [-0.05, 0) is 83.4 Å². The number of ether oxygens (including phenoxy) is 1. The molecule has 1 amide bonds. The van der Waals surface area contributed by atoms with Crippen molar-refractivity contribution in [2.24, 2.45) is 0 Å². The van der Waals surface area contributed by atoms with E-state index in [9.17, 15) is 4.79 Å². The molecule has 6 heteroatoms. The summed E-state index contributed by atoms with van der Waals surface area (Å²) in [4.78, 5) is 16.1. The van der Waals surface area contributed by atoms with Crippen LogP contribution < -0.4 is 10.6 Å². The van der Waals surface area contributed by atoms with Crippen LogP contribution in [0.25, 0.3) is 0 Å². The lowest BCUT2D eigenvalue weighted by Gasteiger charge is -2.37. The predicted octanol–water partition coefficient (Wildman–Crippen LogP) is 4.90. The lowest BCUT2D eigenvalue weighted by Crippen LogP contribution is -2.41. The zero-order valence-electron chi connectivity index (χ0n) is 17.6. The van der Waals surface area contributed by atoms with E-state index in [-0.39, 0.29) is 17.8 Å². The summed E-state index contributed by atoms with van der Waals surface area (Å²) >= 11 is 0. The molecule has 1 atom stereocenters. The maximum Gasteiger partial charge on any atom is 0.410 e. The van der Waals surface area contributed by atoms with Crippen LogP contribution in [0.2, 0.25) is 0 Å². The Kier molecular flexibility index (Phi) is 6.06. The molecule has 0 spiro atoms. The summed E-state index contributed by atoms with van der Waals surface area (Å²) in [5, 5.41) is 0. The van der Waals surface area contributed by atoms with E-state index in [2.05, 4.69) is 11.8 Å². The normalized spacial score (nSPS) is 21.7. The summed E-state index contributed by atoms with van der Waals surface area (Å²) in [6, 6.07) is 3.91. The van der Waals surface area contributed by atoms with E-state index < -0.39 is 5.60 Å². The summed E-state index contributed by atoms with van der Waals surface area (Å²) in [5.41, 5.74) is 7.83. The van der Waals surface area contributed by atoms with Crippen molar-refractivity contribution >= 4 is 17.5 Å². The van der Waals surface area contributed by atoms with Gasteiger partial charge in [0.2, 0.25) is 0 Å². The van der Waals surface area contributed by atoms with Crippen molar-refractivity contribution in [2.45, 2.75) is 77.4 Å². The van der Waals surface area contributed by atoms with Crippen LogP contribution in [0.5, 0.6) is 0 Å². The van der Waals surface area contributed by atoms with Crippen molar-refractivity contribution in [3.8, 4) is 0 Å². The standard InChI is InChI=1S/C22H34FN3O2/c1-15-7-5-6-10-26(15)20-18(23)13-17(14-19(20)24)16-8-11-25(12-9-16)21(27)28-22(2,3)4/h13-16H,5-12,24H2,1-4H3. The molecule has 1 unspecified atom stereocenters. The van der Waals surface area contributed by atoms with Gasteiger partial charge in [-0.2, -0.15) is 0 Å². The highest BCUT2D eigenvalue weighted by Crippen LogP contribution is 2.37. The van der Waals surface area contributed by atoms with Crippen molar-refractivity contribution in [1.29, 1.82) is 0 Å². The third-order valence-electron chi connectivity index (χ3n) is 5.82. The highest BCUT2D eigenvalue weighted by molar-refractivity contribution is 5.70. The van der Waals surface area contributed by atoms with Gasteiger partial charge in [-0.15, -0.1) is 0 Å². The van der Waals surface area contributed by atoms with Gasteiger partial charge in [0.05, 0.1) is 11.4 Å². The van der Waals surface area contributed by atoms with Gasteiger partial charge in [0.15, 0.2) is 0 Å². The van der Waals surface area contributed by atoms with Gasteiger partial charge in [-0.3, -0.25) is 0 Å². The molecule has 5 nitrogen and oxygen atoms in total. The largest absolute Gasteiger partial charge is 0.444 e. The van der Waals surface area contributed by atoms with E-state index in [1.54, 1.807) is 11.0 Å². The van der Waals surface area contributed by atoms with Gasteiger partial charge in [0, 0.05) is 25.7 Å². The summed E-state index contributed by atoms with van der Waals surface area (Å²) in [6.45, 7) is 9.84. The maximum absolute atomic E-state index is 15.0. The minimum Gasteiger partial charge on any atom is -0.444 e. The third-order valence-corrected chi connectivity index (χ3v) is 5.82. The highest BCUT2D eigenvalue weighted by atomic mass is 19.1. The average Bonchev–Trinajstić information content (AvgIpc) is 2.61. The second kappa shape index (κ2) is 8.18. The number of hydrogen-bond acceptors (Lipinski definition) is 4. The van der Waals surface area contributed by atoms with Crippen LogP contribution in [-0.4, -0.2) is 42.3 Å². The van der Waals surface area contributed by atoms with Gasteiger partial charge in [0.1, 0.15) is 11.4 Å². The minimum atomic E-state index is -0.493. The SMILES string of the molecule is CC1CCCCN1c1c(N)cc(C2CCN(C(=O)OC(C)(C)C)CC2)cc1F. The Morgan fingerprint density at radius 2 is 1.82 bits per heavy atom. The number of benzene rings is 1. The van der Waals surface area contributed by atoms with Crippen LogP contribution in [0.4, 0.5) is 20.6 Å². The van der Waals surface area contributed by atoms with Crippen LogP contribution >= 0.6 is 0 Å². The first kappa shape index (κ1) is 20.7. The summed E-state index contributed by atoms with van der Waals surface area (Å²) in [7, 11) is 0. The molecule has 0 saturated carbocycles. The molecule has 2 aliphatic heterocycles. The Labute approximate surface area is 168 Å². The number of nitrogens with zero attached hydrogens (tertiary/aromatic N) is 2. The Bertz CT molecular complexity index is 685. The Morgan fingerprint density at radius 3 is 2.39 bits per heavy atom. The lowest BCUT2D eigenvalue weighted by molar-refractivity contribution is 0.0205. The van der Waals surface area contributed by atoms with Gasteiger partial charge >= 0.3 is 6.09 Å². The molecule has 0 aromatic heterocycles. The van der Waals surface area contributed by atoms with Crippen molar-refractivity contribution in [2.75, 3.05) is 30.3 Å². The molecule has 28 heavy (non-hydrogen) atoms. The topological polar surface area (TPSA) is 58.8 Å². The van der Waals surface area contributed by atoms with E-state index in [1.165, 1.54) is 6.42 Å². The molecular weight excluding hydrogens is 357 g/mol. The fourth-order valence-corrected chi connectivity index (χ4v) is 4.33. The van der Waals surface area contributed by atoms with E-state index in [0.717, 1.165) is 37.8 Å². The Balaban J connectivity index is 1.68. The second-order valence-electron chi connectivity index (χ2n) is 9.22. The van der Waals surface area contributed by atoms with Gasteiger partial charge in [-0.1, -0.05) is 0 Å². The Hall–Kier alpha value is -1.98. The summed E-state index contributed by atoms with van der Waals surface area (Å²) in [6.07, 6.45) is 4.65. The number of halogens is 1. The van der Waals surface area contributed by atoms with Crippen LogP contribution in [0.1, 0.15) is 71.3 Å². The number of rotatable bonds is 2. The number of hydrogen-bond donors (Lipinski definition) is 1. The second-order valence-corrected chi connectivity index (χ2v) is 9.22. The van der Waals surface area contributed by atoms with E-state index >= 15 is 4.39 Å². The molecule has 1 aromatic carbocycles. The fraction of sp³-hybridized carbons (Fsp3) is 0.682. The molecule has 2 heterocycles. The van der Waals surface area contributed by atoms with Crippen LogP contribution in [0.15, 0.2) is 12.1 Å². The molecule has 3 rings (SSSR count). The van der Waals surface area contributed by atoms with Crippen LogP contribution in [0, 0.1) is 5.82 Å². The third kappa shape index (κ3) is 4.70. The molecule has 0 bridgehead atoms. The molecule has 2 saturated heterocycles. The fourth-order valence-electron chi connectivity index (χ4n) is 4.33. The molecular formula is C22H34FN3O2. The smallest absolute Gasteiger partial charge is 0.410 e. The molecule has 2 aliphatic rings. The number of carbonyl (C=O) groups is 1. The molecule has 2 N–H and O–H groups in total. The van der Waals surface area contributed by atoms with E-state index in [0.29, 0.717) is 30.5 Å². The quantitative estimate of drug-likeness (QED) is 0.729. The molecule has 0 radical (unpaired) electrons. The number of anilines is 2. The number of nitrogens with two attached hydrogens (primary N) is 1. The van der Waals surface area contributed by atoms with Crippen LogP contribution in [0.3, 0.4) is 0 Å². The van der Waals surface area contributed by atoms with Crippen molar-refractivity contribution in [3.63, 3.8) is 0 Å². The van der Waals surface area contributed by atoms with E-state index in [1.807, 2.05) is 26.8 Å². The van der Waals surface area contributed by atoms with Crippen molar-refractivity contribution in [1.82, 2.24) is 4.90 Å². The number of piperidine rings is 2. The summed E-state index contributed by atoms with van der Waals surface area (Å²) < 4.78 is 20.5. The van der Waals surface area contributed by atoms with Crippen LogP contribution in [-0.2, 0) is 4.74 Å². The van der Waals surface area contributed by atoms with E-state index in [4.69, 9.17) is 10.5 Å². The van der Waals surface area contributed by atoms with Gasteiger partial charge in [-0.25, -0.2) is 9.18 Å². The Morgan fingerprint density at radius 1 is 1.14 bits per heavy atom. The highest BCUT2D eigenvalue weighted by Gasteiger charge is 2.29. The van der Waals surface area contributed by atoms with Crippen molar-refractivity contribution < 1.29 is 13.9 Å². The number of carbonyl (C=O) groups excluding carboxylic acids is 1. The predicted molar refractivity (Wildman–Crippen MR) is 111 cm³/mol. The molecule has 0 aliphatic carbocycles. The summed E-state index contributed by atoms with van der Waals surface area (Å²) in [5.74, 6) is -0.0124. The average molecular weight is 392 g/mol. The first-order valence-electron chi connectivity index (χ1n) is 10.5. The molecule has 156 valence electrons.